The van der Waals surface area contributed by atoms with E-state index in [1.54, 1.807) is 4.90 Å². The van der Waals surface area contributed by atoms with Crippen LogP contribution in [0.25, 0.3) is 0 Å². The van der Waals surface area contributed by atoms with Crippen LogP contribution in [0.2, 0.25) is 0 Å². The van der Waals surface area contributed by atoms with Gasteiger partial charge in [0.1, 0.15) is 13.2 Å². The average Bonchev–Trinajstić information content (AvgIpc) is 2.73. The number of carbonyl (C=O) groups is 1. The molecule has 0 spiro atoms. The molecule has 0 aromatic heterocycles. The molecule has 2 aliphatic heterocycles. The molecule has 5 heteroatoms. The van der Waals surface area contributed by atoms with Crippen LogP contribution < -0.4 is 14.4 Å². The van der Waals surface area contributed by atoms with Gasteiger partial charge in [-0.15, -0.1) is 0 Å². The van der Waals surface area contributed by atoms with E-state index in [1.807, 2.05) is 25.1 Å². The fourth-order valence-electron chi connectivity index (χ4n) is 2.71. The second-order valence-corrected chi connectivity index (χ2v) is 4.98. The summed E-state index contributed by atoms with van der Waals surface area (Å²) in [6.07, 6.45) is 0.395. The Morgan fingerprint density at radius 1 is 1.32 bits per heavy atom. The molecule has 1 aromatic carbocycles. The van der Waals surface area contributed by atoms with Crippen LogP contribution in [0.1, 0.15) is 13.3 Å². The molecule has 102 valence electrons. The fraction of sp³-hybridized carbons (Fsp3) is 0.500. The maximum atomic E-state index is 12.1. The Balaban J connectivity index is 1.92. The number of fused-ring (bicyclic) bond motifs is 1. The largest absolute Gasteiger partial charge is 0.486 e. The van der Waals surface area contributed by atoms with Gasteiger partial charge in [0.05, 0.1) is 0 Å². The molecule has 0 bridgehead atoms. The highest BCUT2D eigenvalue weighted by atomic mass is 16.6. The summed E-state index contributed by atoms with van der Waals surface area (Å²) in [5.74, 6) is 1.44. The number of hydrogen-bond acceptors (Lipinski definition) is 4. The maximum Gasteiger partial charge on any atom is 0.227 e. The number of nitrogens with zero attached hydrogens (tertiary/aromatic N) is 1. The van der Waals surface area contributed by atoms with Gasteiger partial charge in [0, 0.05) is 36.7 Å². The third-order valence-corrected chi connectivity index (χ3v) is 3.83. The van der Waals surface area contributed by atoms with Crippen LogP contribution in [-0.2, 0) is 4.79 Å². The first kappa shape index (κ1) is 12.3. The summed E-state index contributed by atoms with van der Waals surface area (Å²) >= 11 is 0. The van der Waals surface area contributed by atoms with Crippen molar-refractivity contribution in [3.8, 4) is 11.5 Å². The number of amides is 1. The molecule has 0 radical (unpaired) electrons. The lowest BCUT2D eigenvalue weighted by Crippen LogP contribution is -2.33. The third-order valence-electron chi connectivity index (χ3n) is 3.83. The third kappa shape index (κ3) is 2.04. The summed E-state index contributed by atoms with van der Waals surface area (Å²) in [5.41, 5.74) is 0.803. The van der Waals surface area contributed by atoms with Crippen LogP contribution in [-0.4, -0.2) is 36.9 Å². The van der Waals surface area contributed by atoms with Gasteiger partial charge in [0.25, 0.3) is 0 Å². The molecule has 0 aliphatic carbocycles. The lowest BCUT2D eigenvalue weighted by Gasteiger charge is -2.26. The van der Waals surface area contributed by atoms with E-state index >= 15 is 0 Å². The Morgan fingerprint density at radius 2 is 2.05 bits per heavy atom. The Kier molecular flexibility index (Phi) is 3.06. The molecule has 19 heavy (non-hydrogen) atoms. The van der Waals surface area contributed by atoms with Crippen molar-refractivity contribution in [2.75, 3.05) is 24.7 Å². The van der Waals surface area contributed by atoms with Crippen LogP contribution in [0.4, 0.5) is 5.69 Å². The molecule has 3 rings (SSSR count). The molecule has 1 amide bonds. The van der Waals surface area contributed by atoms with Gasteiger partial charge in [-0.2, -0.15) is 0 Å². The first-order valence-electron chi connectivity index (χ1n) is 6.53. The van der Waals surface area contributed by atoms with Gasteiger partial charge in [-0.25, -0.2) is 0 Å². The zero-order valence-corrected chi connectivity index (χ0v) is 10.8. The van der Waals surface area contributed by atoms with E-state index in [1.165, 1.54) is 0 Å². The van der Waals surface area contributed by atoms with Crippen LogP contribution in [0.5, 0.6) is 11.5 Å². The van der Waals surface area contributed by atoms with Crippen molar-refractivity contribution in [3.63, 3.8) is 0 Å². The summed E-state index contributed by atoms with van der Waals surface area (Å²) in [7, 11) is 0. The number of aliphatic hydroxyl groups is 1. The summed E-state index contributed by atoms with van der Waals surface area (Å²) < 4.78 is 11.0. The van der Waals surface area contributed by atoms with Crippen molar-refractivity contribution < 1.29 is 19.4 Å². The van der Waals surface area contributed by atoms with Gasteiger partial charge >= 0.3 is 0 Å². The number of benzene rings is 1. The average molecular weight is 263 g/mol. The second-order valence-electron chi connectivity index (χ2n) is 4.98. The van der Waals surface area contributed by atoms with Crippen LogP contribution in [0.15, 0.2) is 18.2 Å². The SMILES string of the molecule is CC1C(CO)CC(=O)N1c1ccc2c(c1)OCCO2. The van der Waals surface area contributed by atoms with Crippen LogP contribution in [0, 0.1) is 5.92 Å². The molecule has 1 saturated heterocycles. The molecular weight excluding hydrogens is 246 g/mol. The van der Waals surface area contributed by atoms with E-state index in [0.29, 0.717) is 31.1 Å². The topological polar surface area (TPSA) is 59.0 Å². The Labute approximate surface area is 111 Å². The normalized spacial score (nSPS) is 25.8. The molecule has 2 heterocycles. The first-order chi connectivity index (χ1) is 9.20. The molecule has 1 fully saturated rings. The molecule has 2 atom stereocenters. The summed E-state index contributed by atoms with van der Waals surface area (Å²) in [5, 5.41) is 9.29. The molecule has 1 aromatic rings. The Bertz CT molecular complexity index is 502. The Morgan fingerprint density at radius 3 is 2.74 bits per heavy atom. The fourth-order valence-corrected chi connectivity index (χ4v) is 2.71. The van der Waals surface area contributed by atoms with Gasteiger partial charge in [-0.1, -0.05) is 0 Å². The molecular formula is C14H17NO4. The standard InChI is InChI=1S/C14H17NO4/c1-9-10(8-16)6-14(17)15(9)11-2-3-12-13(7-11)19-5-4-18-12/h2-3,7,9-10,16H,4-6,8H2,1H3. The van der Waals surface area contributed by atoms with Crippen molar-refractivity contribution in [2.45, 2.75) is 19.4 Å². The van der Waals surface area contributed by atoms with Crippen LogP contribution in [0.3, 0.4) is 0 Å². The van der Waals surface area contributed by atoms with E-state index in [0.717, 1.165) is 5.69 Å². The number of ether oxygens (including phenoxy) is 2. The maximum absolute atomic E-state index is 12.1. The minimum Gasteiger partial charge on any atom is -0.486 e. The predicted octanol–water partition coefficient (Wildman–Crippen LogP) is 1.19. The minimum absolute atomic E-state index is 0.0000546. The summed E-state index contributed by atoms with van der Waals surface area (Å²) in [6, 6.07) is 5.53. The number of hydrogen-bond donors (Lipinski definition) is 1. The van der Waals surface area contributed by atoms with Crippen LogP contribution >= 0.6 is 0 Å². The highest BCUT2D eigenvalue weighted by molar-refractivity contribution is 5.96. The van der Waals surface area contributed by atoms with E-state index < -0.39 is 0 Å². The van der Waals surface area contributed by atoms with Crippen molar-refractivity contribution in [1.82, 2.24) is 0 Å². The monoisotopic (exact) mass is 263 g/mol. The highest BCUT2D eigenvalue weighted by Crippen LogP contribution is 2.37. The van der Waals surface area contributed by atoms with Crippen molar-refractivity contribution in [2.24, 2.45) is 5.92 Å². The molecule has 2 unspecified atom stereocenters. The lowest BCUT2D eigenvalue weighted by molar-refractivity contribution is -0.117. The number of anilines is 1. The van der Waals surface area contributed by atoms with E-state index in [2.05, 4.69) is 0 Å². The lowest BCUT2D eigenvalue weighted by atomic mass is 10.0. The second kappa shape index (κ2) is 4.74. The zero-order valence-electron chi connectivity index (χ0n) is 10.8. The quantitative estimate of drug-likeness (QED) is 0.870. The Hall–Kier alpha value is -1.75. The van der Waals surface area contributed by atoms with Gasteiger partial charge in [0.2, 0.25) is 5.91 Å². The molecule has 5 nitrogen and oxygen atoms in total. The van der Waals surface area contributed by atoms with E-state index in [9.17, 15) is 9.90 Å². The zero-order chi connectivity index (χ0) is 13.4. The smallest absolute Gasteiger partial charge is 0.227 e. The van der Waals surface area contributed by atoms with Crippen molar-refractivity contribution in [1.29, 1.82) is 0 Å². The van der Waals surface area contributed by atoms with E-state index in [4.69, 9.17) is 9.47 Å². The number of carbonyl (C=O) groups excluding carboxylic acids is 1. The van der Waals surface area contributed by atoms with Gasteiger partial charge in [0.15, 0.2) is 11.5 Å². The molecule has 1 N–H and O–H groups in total. The van der Waals surface area contributed by atoms with Gasteiger partial charge < -0.3 is 19.5 Å². The van der Waals surface area contributed by atoms with Crippen molar-refractivity contribution >= 4 is 11.6 Å². The minimum atomic E-state index is 0.0000546. The number of aliphatic hydroxyl groups excluding tert-OH is 1. The molecule has 2 aliphatic rings. The van der Waals surface area contributed by atoms with E-state index in [-0.39, 0.29) is 24.5 Å². The number of rotatable bonds is 2. The molecule has 0 saturated carbocycles. The first-order valence-corrected chi connectivity index (χ1v) is 6.53. The highest BCUT2D eigenvalue weighted by Gasteiger charge is 2.37. The predicted molar refractivity (Wildman–Crippen MR) is 69.6 cm³/mol. The summed E-state index contributed by atoms with van der Waals surface area (Å²) in [4.78, 5) is 13.8. The van der Waals surface area contributed by atoms with Crippen molar-refractivity contribution in [3.05, 3.63) is 18.2 Å². The summed E-state index contributed by atoms with van der Waals surface area (Å²) in [6.45, 7) is 3.08. The van der Waals surface area contributed by atoms with Gasteiger partial charge in [-0.05, 0) is 19.1 Å². The van der Waals surface area contributed by atoms with Gasteiger partial charge in [-0.3, -0.25) is 4.79 Å².